The van der Waals surface area contributed by atoms with E-state index in [9.17, 15) is 0 Å². The quantitative estimate of drug-likeness (QED) is 0.366. The van der Waals surface area contributed by atoms with Crippen LogP contribution in [-0.4, -0.2) is 25.5 Å². The Labute approximate surface area is 103 Å². The van der Waals surface area contributed by atoms with Crippen LogP contribution in [0.2, 0.25) is 0 Å². The van der Waals surface area contributed by atoms with E-state index >= 15 is 0 Å². The summed E-state index contributed by atoms with van der Waals surface area (Å²) in [4.78, 5) is 2.28. The van der Waals surface area contributed by atoms with Crippen LogP contribution in [0.1, 0.15) is 64.7 Å². The van der Waals surface area contributed by atoms with E-state index in [1.165, 1.54) is 69.9 Å². The first-order chi connectivity index (χ1) is 7.63. The molecule has 0 saturated carbocycles. The molecule has 0 amide bonds. The van der Waals surface area contributed by atoms with E-state index in [0.29, 0.717) is 0 Å². The Morgan fingerprint density at radius 3 is 1.69 bits per heavy atom. The van der Waals surface area contributed by atoms with E-state index in [1.54, 1.807) is 0 Å². The van der Waals surface area contributed by atoms with Crippen LogP contribution in [0, 0.1) is 0 Å². The molecule has 0 atom stereocenters. The molecule has 0 saturated heterocycles. The normalized spacial score (nSPS) is 11.0. The van der Waals surface area contributed by atoms with Gasteiger partial charge in [0.25, 0.3) is 0 Å². The van der Waals surface area contributed by atoms with Crippen LogP contribution in [-0.2, 0) is 0 Å². The minimum absolute atomic E-state index is 1.23. The Balaban J connectivity index is 2.96. The predicted molar refractivity (Wildman–Crippen MR) is 74.9 cm³/mol. The fraction of sp³-hybridized carbons (Fsp3) is 0.867. The molecule has 16 heavy (non-hydrogen) atoms. The minimum Gasteiger partial charge on any atom is -0.309 e. The van der Waals surface area contributed by atoms with Gasteiger partial charge in [0, 0.05) is 0 Å². The molecule has 1 heteroatoms. The Morgan fingerprint density at radius 1 is 0.812 bits per heavy atom. The molecule has 0 spiro atoms. The molecule has 0 aliphatic carbocycles. The lowest BCUT2D eigenvalue weighted by Crippen LogP contribution is -2.12. The van der Waals surface area contributed by atoms with Gasteiger partial charge in [-0.15, -0.1) is 6.58 Å². The van der Waals surface area contributed by atoms with Gasteiger partial charge in [0.05, 0.1) is 0 Å². The third-order valence-corrected chi connectivity index (χ3v) is 2.96. The molecule has 0 aromatic rings. The monoisotopic (exact) mass is 225 g/mol. The predicted octanol–water partition coefficient (Wildman–Crippen LogP) is 4.64. The molecule has 0 aromatic heterocycles. The van der Waals surface area contributed by atoms with E-state index in [0.717, 1.165) is 0 Å². The van der Waals surface area contributed by atoms with Crippen molar-refractivity contribution in [1.29, 1.82) is 0 Å². The van der Waals surface area contributed by atoms with Crippen molar-refractivity contribution in [3.63, 3.8) is 0 Å². The first-order valence-electron chi connectivity index (χ1n) is 6.92. The summed E-state index contributed by atoms with van der Waals surface area (Å²) in [7, 11) is 4.31. The molecule has 0 unspecified atom stereocenters. The van der Waals surface area contributed by atoms with Crippen molar-refractivity contribution < 1.29 is 0 Å². The third kappa shape index (κ3) is 13.7. The van der Waals surface area contributed by atoms with Crippen LogP contribution in [0.5, 0.6) is 0 Å². The van der Waals surface area contributed by atoms with Gasteiger partial charge in [-0.1, -0.05) is 44.1 Å². The Hall–Kier alpha value is -0.300. The second kappa shape index (κ2) is 11.2. The average Bonchev–Trinajstić information content (AvgIpc) is 2.20. The fourth-order valence-corrected chi connectivity index (χ4v) is 1.92. The maximum absolute atomic E-state index is 3.93. The molecule has 0 N–H and O–H groups in total. The highest BCUT2D eigenvalue weighted by Gasteiger charge is 1.94. The highest BCUT2D eigenvalue weighted by atomic mass is 15.0. The van der Waals surface area contributed by atoms with Gasteiger partial charge in [-0.05, 0) is 46.8 Å². The van der Waals surface area contributed by atoms with E-state index in [-0.39, 0.29) is 0 Å². The van der Waals surface area contributed by atoms with Crippen LogP contribution in [0.3, 0.4) is 0 Å². The number of unbranched alkanes of at least 4 members (excludes halogenated alkanes) is 7. The number of nitrogens with zero attached hydrogens (tertiary/aromatic N) is 1. The molecule has 0 aliphatic heterocycles. The first kappa shape index (κ1) is 15.7. The maximum atomic E-state index is 3.93. The fourth-order valence-electron chi connectivity index (χ4n) is 1.92. The van der Waals surface area contributed by atoms with Crippen LogP contribution >= 0.6 is 0 Å². The first-order valence-corrected chi connectivity index (χ1v) is 6.92. The lowest BCUT2D eigenvalue weighted by Gasteiger charge is -2.08. The number of hydrogen-bond donors (Lipinski definition) is 0. The Morgan fingerprint density at radius 2 is 1.25 bits per heavy atom. The molecular weight excluding hydrogens is 194 g/mol. The summed E-state index contributed by atoms with van der Waals surface area (Å²) in [6.45, 7) is 7.31. The zero-order chi connectivity index (χ0) is 12.2. The summed E-state index contributed by atoms with van der Waals surface area (Å²) in [5.74, 6) is 0. The summed E-state index contributed by atoms with van der Waals surface area (Å²) in [6.07, 6.45) is 12.4. The van der Waals surface area contributed by atoms with Gasteiger partial charge >= 0.3 is 0 Å². The number of hydrogen-bond acceptors (Lipinski definition) is 1. The van der Waals surface area contributed by atoms with Gasteiger partial charge in [-0.25, -0.2) is 0 Å². The van der Waals surface area contributed by atoms with Crippen molar-refractivity contribution >= 4 is 0 Å². The van der Waals surface area contributed by atoms with E-state index in [2.05, 4.69) is 32.5 Å². The van der Waals surface area contributed by atoms with Gasteiger partial charge in [0.1, 0.15) is 0 Å². The lowest BCUT2D eigenvalue weighted by molar-refractivity contribution is 0.389. The molecule has 0 aliphatic rings. The zero-order valence-electron chi connectivity index (χ0n) is 11.7. The summed E-state index contributed by atoms with van der Waals surface area (Å²) < 4.78 is 0. The van der Waals surface area contributed by atoms with Crippen LogP contribution < -0.4 is 0 Å². The van der Waals surface area contributed by atoms with Crippen molar-refractivity contribution in [3.05, 3.63) is 12.2 Å². The minimum atomic E-state index is 1.23. The highest BCUT2D eigenvalue weighted by molar-refractivity contribution is 4.86. The topological polar surface area (TPSA) is 3.24 Å². The molecule has 0 radical (unpaired) electrons. The summed E-state index contributed by atoms with van der Waals surface area (Å²) in [5, 5.41) is 0. The van der Waals surface area contributed by atoms with Gasteiger partial charge in [-0.3, -0.25) is 0 Å². The van der Waals surface area contributed by atoms with Crippen molar-refractivity contribution in [2.45, 2.75) is 64.7 Å². The van der Waals surface area contributed by atoms with E-state index < -0.39 is 0 Å². The lowest BCUT2D eigenvalue weighted by atomic mass is 10.1. The average molecular weight is 225 g/mol. The van der Waals surface area contributed by atoms with Crippen molar-refractivity contribution in [2.24, 2.45) is 0 Å². The standard InChI is InChI=1S/C15H31N/c1-15(2)13-11-9-7-5-6-8-10-12-14-16(3)4/h1,5-14H2,2-4H3. The third-order valence-electron chi connectivity index (χ3n) is 2.96. The number of allylic oxidation sites excluding steroid dienone is 1. The second-order valence-electron chi connectivity index (χ2n) is 5.34. The zero-order valence-corrected chi connectivity index (χ0v) is 11.7. The molecule has 1 nitrogen and oxygen atoms in total. The summed E-state index contributed by atoms with van der Waals surface area (Å²) in [5.41, 5.74) is 1.34. The Bertz CT molecular complexity index is 161. The smallest absolute Gasteiger partial charge is 0.00248 e. The molecular formula is C15H31N. The van der Waals surface area contributed by atoms with Crippen LogP contribution in [0.4, 0.5) is 0 Å². The van der Waals surface area contributed by atoms with Crippen molar-refractivity contribution in [3.8, 4) is 0 Å². The highest BCUT2D eigenvalue weighted by Crippen LogP contribution is 2.11. The van der Waals surface area contributed by atoms with Crippen LogP contribution in [0.25, 0.3) is 0 Å². The van der Waals surface area contributed by atoms with E-state index in [4.69, 9.17) is 0 Å². The molecule has 0 aromatic carbocycles. The summed E-state index contributed by atoms with van der Waals surface area (Å²) >= 11 is 0. The molecule has 0 heterocycles. The Kier molecular flexibility index (Phi) is 11.0. The molecule has 96 valence electrons. The van der Waals surface area contributed by atoms with Crippen LogP contribution in [0.15, 0.2) is 12.2 Å². The van der Waals surface area contributed by atoms with Gasteiger partial charge in [0.15, 0.2) is 0 Å². The van der Waals surface area contributed by atoms with Crippen molar-refractivity contribution in [1.82, 2.24) is 4.90 Å². The molecule has 0 rings (SSSR count). The van der Waals surface area contributed by atoms with Gasteiger partial charge < -0.3 is 4.90 Å². The second-order valence-corrected chi connectivity index (χ2v) is 5.34. The number of rotatable bonds is 11. The largest absolute Gasteiger partial charge is 0.309 e. The van der Waals surface area contributed by atoms with Gasteiger partial charge in [0.2, 0.25) is 0 Å². The van der Waals surface area contributed by atoms with Crippen molar-refractivity contribution in [2.75, 3.05) is 20.6 Å². The van der Waals surface area contributed by atoms with E-state index in [1.807, 2.05) is 0 Å². The maximum Gasteiger partial charge on any atom is -0.00248 e. The molecule has 0 bridgehead atoms. The SMILES string of the molecule is C=C(C)CCCCCCCCCCN(C)C. The molecule has 0 fully saturated rings. The summed E-state index contributed by atoms with van der Waals surface area (Å²) in [6, 6.07) is 0. The van der Waals surface area contributed by atoms with Gasteiger partial charge in [-0.2, -0.15) is 0 Å².